The van der Waals surface area contributed by atoms with Crippen molar-refractivity contribution in [3.8, 4) is 0 Å². The molecule has 0 unspecified atom stereocenters. The molecule has 2 heterocycles. The lowest BCUT2D eigenvalue weighted by Crippen LogP contribution is -2.50. The number of esters is 1. The predicted octanol–water partition coefficient (Wildman–Crippen LogP) is 0.692. The third kappa shape index (κ3) is 0.959. The lowest BCUT2D eigenvalue weighted by molar-refractivity contribution is -0.148. The molecule has 3 nitrogen and oxygen atoms in total. The number of hydrogen-bond donors (Lipinski definition) is 1. The van der Waals surface area contributed by atoms with Gasteiger partial charge in [0.1, 0.15) is 0 Å². The molecule has 1 spiro atoms. The Hall–Kier alpha value is -0.570. The molecule has 2 fully saturated rings. The van der Waals surface area contributed by atoms with Crippen molar-refractivity contribution in [1.29, 1.82) is 0 Å². The van der Waals surface area contributed by atoms with E-state index in [0.29, 0.717) is 12.6 Å². The monoisotopic (exact) mass is 169 g/mol. The molecule has 3 heteroatoms. The lowest BCUT2D eigenvalue weighted by atomic mass is 9.74. The third-order valence-corrected chi connectivity index (χ3v) is 3.27. The molecule has 0 radical (unpaired) electrons. The Kier molecular flexibility index (Phi) is 1.83. The van der Waals surface area contributed by atoms with Gasteiger partial charge in [-0.25, -0.2) is 0 Å². The lowest BCUT2D eigenvalue weighted by Gasteiger charge is -2.36. The molecule has 0 bridgehead atoms. The molecule has 0 aliphatic carbocycles. The minimum absolute atomic E-state index is 0.0159. The average Bonchev–Trinajstić information content (AvgIpc) is 2.41. The van der Waals surface area contributed by atoms with Gasteiger partial charge in [-0.2, -0.15) is 0 Å². The van der Waals surface area contributed by atoms with Crippen LogP contribution in [0.15, 0.2) is 0 Å². The standard InChI is InChI=1S/C9H15NO2/c1-7-9(3-2-5-10-7)4-6-12-8(9)11/h7,10H,2-6H2,1H3/t7-,9+/m0/s1. The number of hydrogen-bond acceptors (Lipinski definition) is 3. The summed E-state index contributed by atoms with van der Waals surface area (Å²) in [5, 5.41) is 3.34. The molecular formula is C9H15NO2. The topological polar surface area (TPSA) is 38.3 Å². The van der Waals surface area contributed by atoms with E-state index >= 15 is 0 Å². The maximum absolute atomic E-state index is 11.5. The molecular weight excluding hydrogens is 154 g/mol. The minimum Gasteiger partial charge on any atom is -0.465 e. The first-order chi connectivity index (χ1) is 5.76. The summed E-state index contributed by atoms with van der Waals surface area (Å²) in [5.74, 6) is 0.0159. The molecule has 2 aliphatic heterocycles. The largest absolute Gasteiger partial charge is 0.465 e. The molecule has 2 atom stereocenters. The van der Waals surface area contributed by atoms with Gasteiger partial charge in [0, 0.05) is 6.04 Å². The van der Waals surface area contributed by atoms with Crippen molar-refractivity contribution in [1.82, 2.24) is 5.32 Å². The summed E-state index contributed by atoms with van der Waals surface area (Å²) in [6, 6.07) is 0.293. The highest BCUT2D eigenvalue weighted by Crippen LogP contribution is 2.40. The zero-order valence-electron chi connectivity index (χ0n) is 7.43. The van der Waals surface area contributed by atoms with Gasteiger partial charge in [-0.1, -0.05) is 0 Å². The van der Waals surface area contributed by atoms with Crippen molar-refractivity contribution < 1.29 is 9.53 Å². The van der Waals surface area contributed by atoms with Crippen LogP contribution in [0.25, 0.3) is 0 Å². The third-order valence-electron chi connectivity index (χ3n) is 3.27. The van der Waals surface area contributed by atoms with Crippen LogP contribution in [0, 0.1) is 5.41 Å². The van der Waals surface area contributed by atoms with Crippen molar-refractivity contribution in [3.05, 3.63) is 0 Å². The Balaban J connectivity index is 2.21. The van der Waals surface area contributed by atoms with Gasteiger partial charge in [0.25, 0.3) is 0 Å². The number of carbonyl (C=O) groups is 1. The summed E-state index contributed by atoms with van der Waals surface area (Å²) < 4.78 is 5.04. The van der Waals surface area contributed by atoms with E-state index in [0.717, 1.165) is 25.8 Å². The molecule has 0 aromatic rings. The smallest absolute Gasteiger partial charge is 0.313 e. The maximum atomic E-state index is 11.5. The summed E-state index contributed by atoms with van der Waals surface area (Å²) in [5.41, 5.74) is -0.182. The number of ether oxygens (including phenoxy) is 1. The van der Waals surface area contributed by atoms with E-state index < -0.39 is 0 Å². The molecule has 0 amide bonds. The second-order valence-corrected chi connectivity index (χ2v) is 3.82. The Morgan fingerprint density at radius 3 is 3.00 bits per heavy atom. The van der Waals surface area contributed by atoms with Gasteiger partial charge in [0.15, 0.2) is 0 Å². The van der Waals surface area contributed by atoms with Crippen LogP contribution in [0.5, 0.6) is 0 Å². The molecule has 0 aromatic heterocycles. The normalized spacial score (nSPS) is 41.8. The van der Waals surface area contributed by atoms with Crippen molar-refractivity contribution in [3.63, 3.8) is 0 Å². The first-order valence-electron chi connectivity index (χ1n) is 4.66. The second kappa shape index (κ2) is 2.73. The van der Waals surface area contributed by atoms with E-state index in [-0.39, 0.29) is 11.4 Å². The first-order valence-corrected chi connectivity index (χ1v) is 4.66. The molecule has 2 aliphatic rings. The van der Waals surface area contributed by atoms with Gasteiger partial charge in [0.2, 0.25) is 0 Å². The Morgan fingerprint density at radius 2 is 2.42 bits per heavy atom. The molecule has 12 heavy (non-hydrogen) atoms. The fourth-order valence-corrected chi connectivity index (χ4v) is 2.33. The van der Waals surface area contributed by atoms with Crippen molar-refractivity contribution in [2.75, 3.05) is 13.2 Å². The van der Waals surface area contributed by atoms with Crippen LogP contribution in [0.2, 0.25) is 0 Å². The highest BCUT2D eigenvalue weighted by atomic mass is 16.5. The Morgan fingerprint density at radius 1 is 1.58 bits per heavy atom. The number of nitrogens with one attached hydrogen (secondary N) is 1. The fourth-order valence-electron chi connectivity index (χ4n) is 2.33. The summed E-state index contributed by atoms with van der Waals surface area (Å²) >= 11 is 0. The van der Waals surface area contributed by atoms with Crippen molar-refractivity contribution in [2.45, 2.75) is 32.2 Å². The zero-order chi connectivity index (χ0) is 8.60. The van der Waals surface area contributed by atoms with Gasteiger partial charge in [-0.15, -0.1) is 0 Å². The van der Waals surface area contributed by atoms with E-state index in [1.165, 1.54) is 0 Å². The van der Waals surface area contributed by atoms with E-state index in [4.69, 9.17) is 4.74 Å². The van der Waals surface area contributed by atoms with Gasteiger partial charge in [0.05, 0.1) is 12.0 Å². The number of piperidine rings is 1. The van der Waals surface area contributed by atoms with Gasteiger partial charge >= 0.3 is 5.97 Å². The Labute approximate surface area is 72.5 Å². The summed E-state index contributed by atoms with van der Waals surface area (Å²) in [6.07, 6.45) is 3.00. The highest BCUT2D eigenvalue weighted by molar-refractivity contribution is 5.79. The van der Waals surface area contributed by atoms with Crippen LogP contribution in [0.3, 0.4) is 0 Å². The average molecular weight is 169 g/mol. The van der Waals surface area contributed by atoms with E-state index in [2.05, 4.69) is 12.2 Å². The summed E-state index contributed by atoms with van der Waals surface area (Å²) in [7, 11) is 0. The highest BCUT2D eigenvalue weighted by Gasteiger charge is 2.49. The maximum Gasteiger partial charge on any atom is 0.313 e. The molecule has 1 N–H and O–H groups in total. The van der Waals surface area contributed by atoms with Crippen LogP contribution >= 0.6 is 0 Å². The SMILES string of the molecule is C[C@@H]1NCCC[C@@]12CCOC2=O. The number of rotatable bonds is 0. The molecule has 68 valence electrons. The van der Waals surface area contributed by atoms with Gasteiger partial charge in [-0.05, 0) is 32.7 Å². The number of carbonyl (C=O) groups excluding carboxylic acids is 1. The zero-order valence-corrected chi connectivity index (χ0v) is 7.43. The van der Waals surface area contributed by atoms with E-state index in [9.17, 15) is 4.79 Å². The van der Waals surface area contributed by atoms with Crippen molar-refractivity contribution >= 4 is 5.97 Å². The summed E-state index contributed by atoms with van der Waals surface area (Å²) in [4.78, 5) is 11.5. The Bertz CT molecular complexity index is 205. The molecule has 2 saturated heterocycles. The van der Waals surface area contributed by atoms with Crippen LogP contribution in [-0.2, 0) is 9.53 Å². The molecule has 0 saturated carbocycles. The number of cyclic esters (lactones) is 1. The van der Waals surface area contributed by atoms with Crippen LogP contribution in [0.1, 0.15) is 26.2 Å². The van der Waals surface area contributed by atoms with Crippen LogP contribution in [0.4, 0.5) is 0 Å². The first kappa shape index (κ1) is 8.05. The fraction of sp³-hybridized carbons (Fsp3) is 0.889. The van der Waals surface area contributed by atoms with Gasteiger partial charge in [-0.3, -0.25) is 4.79 Å². The van der Waals surface area contributed by atoms with Crippen molar-refractivity contribution in [2.24, 2.45) is 5.41 Å². The van der Waals surface area contributed by atoms with Crippen LogP contribution < -0.4 is 5.32 Å². The minimum atomic E-state index is -0.182. The van der Waals surface area contributed by atoms with E-state index in [1.54, 1.807) is 0 Å². The molecule has 2 rings (SSSR count). The van der Waals surface area contributed by atoms with E-state index in [1.807, 2.05) is 0 Å². The molecule has 0 aromatic carbocycles. The van der Waals surface area contributed by atoms with Crippen LogP contribution in [-0.4, -0.2) is 25.2 Å². The second-order valence-electron chi connectivity index (χ2n) is 3.82. The predicted molar refractivity (Wildman–Crippen MR) is 44.7 cm³/mol. The quantitative estimate of drug-likeness (QED) is 0.542. The van der Waals surface area contributed by atoms with Gasteiger partial charge < -0.3 is 10.1 Å². The summed E-state index contributed by atoms with van der Waals surface area (Å²) in [6.45, 7) is 3.74.